The highest BCUT2D eigenvalue weighted by atomic mass is 35.5. The quantitative estimate of drug-likeness (QED) is 0.535. The van der Waals surface area contributed by atoms with Gasteiger partial charge in [0.1, 0.15) is 18.5 Å². The van der Waals surface area contributed by atoms with E-state index in [1.54, 1.807) is 0 Å². The molecule has 3 nitrogen and oxygen atoms in total. The van der Waals surface area contributed by atoms with Crippen molar-refractivity contribution in [2.75, 3.05) is 24.3 Å². The Hall–Kier alpha value is -0.930. The lowest BCUT2D eigenvalue weighted by atomic mass is 10.2. The van der Waals surface area contributed by atoms with Gasteiger partial charge in [0.25, 0.3) is 0 Å². The van der Waals surface area contributed by atoms with Gasteiger partial charge >= 0.3 is 0 Å². The molecule has 0 spiro atoms. The van der Waals surface area contributed by atoms with Crippen molar-refractivity contribution in [3.8, 4) is 5.75 Å². The number of benzene rings is 1. The van der Waals surface area contributed by atoms with E-state index < -0.39 is 6.10 Å². The van der Waals surface area contributed by atoms with Crippen LogP contribution in [0.15, 0.2) is 24.3 Å². The molecule has 2 N–H and O–H groups in total. The fourth-order valence-corrected chi connectivity index (χ4v) is 1.60. The van der Waals surface area contributed by atoms with E-state index in [2.05, 4.69) is 12.2 Å². The monoisotopic (exact) mass is 271 g/mol. The van der Waals surface area contributed by atoms with E-state index in [9.17, 15) is 5.11 Å². The summed E-state index contributed by atoms with van der Waals surface area (Å²) in [5.74, 6) is 0.940. The second-order valence-corrected chi connectivity index (χ2v) is 4.59. The molecule has 0 saturated heterocycles. The molecular formula is C14H22ClNO2. The SMILES string of the molecule is CCCCCNc1ccc(OCC(O)CCl)cc1. The number of unbranched alkanes of at least 4 members (excludes halogenated alkanes) is 2. The van der Waals surface area contributed by atoms with Gasteiger partial charge in [0, 0.05) is 12.2 Å². The van der Waals surface area contributed by atoms with Crippen LogP contribution >= 0.6 is 11.6 Å². The molecule has 0 aromatic heterocycles. The Morgan fingerprint density at radius 2 is 2.00 bits per heavy atom. The molecule has 102 valence electrons. The van der Waals surface area contributed by atoms with Gasteiger partial charge in [0.2, 0.25) is 0 Å². The highest BCUT2D eigenvalue weighted by Crippen LogP contribution is 2.16. The minimum Gasteiger partial charge on any atom is -0.491 e. The molecule has 0 aliphatic heterocycles. The van der Waals surface area contributed by atoms with Gasteiger partial charge < -0.3 is 15.2 Å². The van der Waals surface area contributed by atoms with E-state index >= 15 is 0 Å². The Kier molecular flexibility index (Phi) is 7.62. The average molecular weight is 272 g/mol. The highest BCUT2D eigenvalue weighted by molar-refractivity contribution is 6.18. The van der Waals surface area contributed by atoms with E-state index in [-0.39, 0.29) is 12.5 Å². The molecule has 0 aliphatic rings. The topological polar surface area (TPSA) is 41.5 Å². The molecule has 1 aromatic rings. The van der Waals surface area contributed by atoms with E-state index in [4.69, 9.17) is 16.3 Å². The molecule has 1 aromatic carbocycles. The molecule has 0 saturated carbocycles. The summed E-state index contributed by atoms with van der Waals surface area (Å²) in [7, 11) is 0. The summed E-state index contributed by atoms with van der Waals surface area (Å²) in [5, 5.41) is 12.6. The van der Waals surface area contributed by atoms with Crippen molar-refractivity contribution < 1.29 is 9.84 Å². The zero-order chi connectivity index (χ0) is 13.2. The standard InChI is InChI=1S/C14H22ClNO2/c1-2-3-4-9-16-12-5-7-14(8-6-12)18-11-13(17)10-15/h5-8,13,16-17H,2-4,9-11H2,1H3. The molecule has 0 radical (unpaired) electrons. The third kappa shape index (κ3) is 6.12. The summed E-state index contributed by atoms with van der Waals surface area (Å²) in [4.78, 5) is 0. The summed E-state index contributed by atoms with van der Waals surface area (Å²) in [6, 6.07) is 7.74. The molecule has 0 amide bonds. The van der Waals surface area contributed by atoms with Crippen LogP contribution in [0.2, 0.25) is 0 Å². The molecule has 1 unspecified atom stereocenters. The number of aliphatic hydroxyl groups is 1. The highest BCUT2D eigenvalue weighted by Gasteiger charge is 2.02. The Balaban J connectivity index is 2.28. The third-order valence-electron chi connectivity index (χ3n) is 2.58. The van der Waals surface area contributed by atoms with E-state index in [0.717, 1.165) is 18.0 Å². The van der Waals surface area contributed by atoms with Crippen molar-refractivity contribution in [3.63, 3.8) is 0 Å². The van der Waals surface area contributed by atoms with Gasteiger partial charge in [0.15, 0.2) is 0 Å². The Morgan fingerprint density at radius 3 is 2.61 bits per heavy atom. The summed E-state index contributed by atoms with van der Waals surface area (Å²) < 4.78 is 5.39. The van der Waals surface area contributed by atoms with Gasteiger partial charge in [-0.25, -0.2) is 0 Å². The summed E-state index contributed by atoms with van der Waals surface area (Å²) in [5.41, 5.74) is 1.09. The molecule has 0 aliphatic carbocycles. The van der Waals surface area contributed by atoms with Gasteiger partial charge in [-0.1, -0.05) is 19.8 Å². The van der Waals surface area contributed by atoms with Crippen LogP contribution in [0.4, 0.5) is 5.69 Å². The van der Waals surface area contributed by atoms with E-state index in [1.165, 1.54) is 19.3 Å². The molecule has 1 rings (SSSR count). The maximum absolute atomic E-state index is 9.27. The number of nitrogens with one attached hydrogen (secondary N) is 1. The number of anilines is 1. The Labute approximate surface area is 114 Å². The molecule has 0 heterocycles. The zero-order valence-corrected chi connectivity index (χ0v) is 11.6. The maximum Gasteiger partial charge on any atom is 0.119 e. The van der Waals surface area contributed by atoms with Gasteiger partial charge in [-0.05, 0) is 30.7 Å². The van der Waals surface area contributed by atoms with Crippen LogP contribution in [0.1, 0.15) is 26.2 Å². The number of ether oxygens (including phenoxy) is 1. The molecule has 1 atom stereocenters. The Morgan fingerprint density at radius 1 is 1.28 bits per heavy atom. The van der Waals surface area contributed by atoms with Gasteiger partial charge in [-0.3, -0.25) is 0 Å². The first kappa shape index (κ1) is 15.1. The first-order valence-electron chi connectivity index (χ1n) is 6.47. The third-order valence-corrected chi connectivity index (χ3v) is 2.94. The number of hydrogen-bond acceptors (Lipinski definition) is 3. The van der Waals surface area contributed by atoms with Crippen LogP contribution in [0.5, 0.6) is 5.75 Å². The minimum atomic E-state index is -0.612. The number of halogens is 1. The predicted octanol–water partition coefficient (Wildman–Crippen LogP) is 3.27. The summed E-state index contributed by atoms with van der Waals surface area (Å²) in [6.45, 7) is 3.42. The summed E-state index contributed by atoms with van der Waals surface area (Å²) >= 11 is 5.49. The zero-order valence-electron chi connectivity index (χ0n) is 10.9. The Bertz CT molecular complexity index is 316. The molecule has 4 heteroatoms. The van der Waals surface area contributed by atoms with Gasteiger partial charge in [-0.2, -0.15) is 0 Å². The number of hydrogen-bond donors (Lipinski definition) is 2. The molecule has 0 fully saturated rings. The normalized spacial score (nSPS) is 12.2. The molecular weight excluding hydrogens is 250 g/mol. The maximum atomic E-state index is 9.27. The van der Waals surface area contributed by atoms with Crippen molar-refractivity contribution in [2.45, 2.75) is 32.3 Å². The van der Waals surface area contributed by atoms with Crippen LogP contribution in [0.3, 0.4) is 0 Å². The van der Waals surface area contributed by atoms with E-state index in [0.29, 0.717) is 0 Å². The van der Waals surface area contributed by atoms with Crippen molar-refractivity contribution in [1.82, 2.24) is 0 Å². The van der Waals surface area contributed by atoms with Crippen LogP contribution in [-0.2, 0) is 0 Å². The fourth-order valence-electron chi connectivity index (χ4n) is 1.51. The van der Waals surface area contributed by atoms with Gasteiger partial charge in [0.05, 0.1) is 5.88 Å². The number of rotatable bonds is 9. The minimum absolute atomic E-state index is 0.192. The van der Waals surface area contributed by atoms with Gasteiger partial charge in [-0.15, -0.1) is 11.6 Å². The largest absolute Gasteiger partial charge is 0.491 e. The first-order chi connectivity index (χ1) is 8.76. The molecule has 18 heavy (non-hydrogen) atoms. The van der Waals surface area contributed by atoms with Crippen LogP contribution < -0.4 is 10.1 Å². The first-order valence-corrected chi connectivity index (χ1v) is 7.00. The lowest BCUT2D eigenvalue weighted by Crippen LogP contribution is -2.18. The van der Waals surface area contributed by atoms with Crippen molar-refractivity contribution in [1.29, 1.82) is 0 Å². The van der Waals surface area contributed by atoms with Crippen molar-refractivity contribution in [2.24, 2.45) is 0 Å². The second-order valence-electron chi connectivity index (χ2n) is 4.28. The second kappa shape index (κ2) is 9.06. The van der Waals surface area contributed by atoms with Crippen LogP contribution in [0, 0.1) is 0 Å². The lowest BCUT2D eigenvalue weighted by molar-refractivity contribution is 0.125. The van der Waals surface area contributed by atoms with Crippen LogP contribution in [0.25, 0.3) is 0 Å². The van der Waals surface area contributed by atoms with Crippen molar-refractivity contribution >= 4 is 17.3 Å². The smallest absolute Gasteiger partial charge is 0.119 e. The predicted molar refractivity (Wildman–Crippen MR) is 76.7 cm³/mol. The van der Waals surface area contributed by atoms with E-state index in [1.807, 2.05) is 24.3 Å². The summed E-state index contributed by atoms with van der Waals surface area (Å²) in [6.07, 6.45) is 3.07. The average Bonchev–Trinajstić information content (AvgIpc) is 2.42. The lowest BCUT2D eigenvalue weighted by Gasteiger charge is -2.10. The van der Waals surface area contributed by atoms with Crippen molar-refractivity contribution in [3.05, 3.63) is 24.3 Å². The fraction of sp³-hybridized carbons (Fsp3) is 0.571. The van der Waals surface area contributed by atoms with Crippen LogP contribution in [-0.4, -0.2) is 30.2 Å². The number of alkyl halides is 1. The number of aliphatic hydroxyl groups excluding tert-OH is 1. The molecule has 0 bridgehead atoms.